The summed E-state index contributed by atoms with van der Waals surface area (Å²) in [4.78, 5) is 45.2. The number of ether oxygens (including phenoxy) is 8. The van der Waals surface area contributed by atoms with Gasteiger partial charge in [0.15, 0.2) is 12.6 Å². The highest BCUT2D eigenvalue weighted by molar-refractivity contribution is 5.83. The molecule has 4 aliphatic rings. The first-order chi connectivity index (χ1) is 29.9. The van der Waals surface area contributed by atoms with Crippen molar-refractivity contribution in [2.45, 2.75) is 217 Å². The average Bonchev–Trinajstić information content (AvgIpc) is 3.27. The number of ketones is 1. The molecule has 4 rings (SSSR count). The molecule has 372 valence electrons. The Morgan fingerprint density at radius 1 is 0.844 bits per heavy atom. The van der Waals surface area contributed by atoms with E-state index in [0.717, 1.165) is 25.7 Å². The van der Waals surface area contributed by atoms with Crippen LogP contribution in [-0.2, 0) is 47.5 Å². The summed E-state index contributed by atoms with van der Waals surface area (Å²) < 4.78 is 50.2. The van der Waals surface area contributed by atoms with E-state index in [-0.39, 0.29) is 49.9 Å². The number of nitrogens with zero attached hydrogens (tertiary/aromatic N) is 2. The van der Waals surface area contributed by atoms with Crippen molar-refractivity contribution in [1.29, 1.82) is 0 Å². The number of likely N-dealkylation sites (N-methyl/N-ethyl adjacent to an activating group) is 1. The topological polar surface area (TPSA) is 212 Å². The molecular formula is C47H84N2O15. The maximum absolute atomic E-state index is 14.4. The number of cyclic esters (lactones) is 1. The molecule has 1 saturated carbocycles. The summed E-state index contributed by atoms with van der Waals surface area (Å²) in [5.41, 5.74) is -4.39. The largest absolute Gasteiger partial charge is 0.459 e. The number of rotatable bonds is 12. The summed E-state index contributed by atoms with van der Waals surface area (Å²) in [6, 6.07) is -0.319. The van der Waals surface area contributed by atoms with Gasteiger partial charge in [0.2, 0.25) is 0 Å². The monoisotopic (exact) mass is 917 g/mol. The van der Waals surface area contributed by atoms with Crippen molar-refractivity contribution in [2.24, 2.45) is 23.7 Å². The molecule has 17 heteroatoms. The van der Waals surface area contributed by atoms with Crippen LogP contribution in [0.25, 0.3) is 0 Å². The van der Waals surface area contributed by atoms with Crippen LogP contribution in [0.5, 0.6) is 0 Å². The molecule has 0 spiro atoms. The third kappa shape index (κ3) is 12.3. The van der Waals surface area contributed by atoms with E-state index in [1.165, 1.54) is 27.6 Å². The minimum atomic E-state index is -2.00. The van der Waals surface area contributed by atoms with E-state index >= 15 is 0 Å². The molecule has 0 bridgehead atoms. The highest BCUT2D eigenvalue weighted by Gasteiger charge is 2.54. The van der Waals surface area contributed by atoms with E-state index in [4.69, 9.17) is 37.9 Å². The van der Waals surface area contributed by atoms with Crippen LogP contribution in [-0.4, -0.2) is 180 Å². The quantitative estimate of drug-likeness (QED) is 0.202. The van der Waals surface area contributed by atoms with E-state index in [9.17, 15) is 34.8 Å². The Hall–Kier alpha value is -2.03. The van der Waals surface area contributed by atoms with Gasteiger partial charge in [0.25, 0.3) is 0 Å². The Morgan fingerprint density at radius 2 is 1.47 bits per heavy atom. The number of Topliss-reactive ketones (excluding diaryl/α,β-unsaturated/α-hetero) is 1. The third-order valence-electron chi connectivity index (χ3n) is 15.3. The van der Waals surface area contributed by atoms with Crippen LogP contribution in [0.3, 0.4) is 0 Å². The number of methoxy groups -OCH3 is 2. The predicted octanol–water partition coefficient (Wildman–Crippen LogP) is 4.21. The van der Waals surface area contributed by atoms with Gasteiger partial charge < -0.3 is 63.2 Å². The molecule has 64 heavy (non-hydrogen) atoms. The van der Waals surface area contributed by atoms with Crippen LogP contribution in [0.2, 0.25) is 0 Å². The van der Waals surface area contributed by atoms with Gasteiger partial charge in [0.1, 0.15) is 36.3 Å². The lowest BCUT2D eigenvalue weighted by atomic mass is 9.74. The van der Waals surface area contributed by atoms with Gasteiger partial charge in [0, 0.05) is 64.1 Å². The van der Waals surface area contributed by atoms with E-state index in [1.54, 1.807) is 60.4 Å². The number of carbonyl (C=O) groups is 3. The van der Waals surface area contributed by atoms with Crippen LogP contribution in [0, 0.1) is 23.7 Å². The molecule has 4 N–H and O–H groups in total. The lowest BCUT2D eigenvalue weighted by Gasteiger charge is -2.50. The maximum atomic E-state index is 14.4. The summed E-state index contributed by atoms with van der Waals surface area (Å²) in [7, 11) is 6.62. The van der Waals surface area contributed by atoms with Gasteiger partial charge >= 0.3 is 12.1 Å². The molecule has 3 aliphatic heterocycles. The Labute approximate surface area is 382 Å². The smallest absolute Gasteiger partial charge is 0.409 e. The Kier molecular flexibility index (Phi) is 19.5. The van der Waals surface area contributed by atoms with Crippen LogP contribution in [0.1, 0.15) is 127 Å². The van der Waals surface area contributed by atoms with Gasteiger partial charge in [-0.3, -0.25) is 14.5 Å². The lowest BCUT2D eigenvalue weighted by Crippen LogP contribution is -2.61. The third-order valence-corrected chi connectivity index (χ3v) is 15.3. The van der Waals surface area contributed by atoms with Gasteiger partial charge in [-0.15, -0.1) is 0 Å². The number of esters is 1. The molecule has 0 aromatic carbocycles. The summed E-state index contributed by atoms with van der Waals surface area (Å²) in [6.07, 6.45) is -4.79. The highest BCUT2D eigenvalue weighted by Crippen LogP contribution is 2.42. The molecule has 0 unspecified atom stereocenters. The fourth-order valence-electron chi connectivity index (χ4n) is 10.7. The van der Waals surface area contributed by atoms with E-state index < -0.39 is 108 Å². The molecular weight excluding hydrogens is 833 g/mol. The first kappa shape index (κ1) is 54.6. The lowest BCUT2D eigenvalue weighted by molar-refractivity contribution is -0.319. The zero-order chi connectivity index (χ0) is 48.1. The molecule has 4 fully saturated rings. The Balaban J connectivity index is 1.72. The zero-order valence-corrected chi connectivity index (χ0v) is 41.2. The first-order valence-corrected chi connectivity index (χ1v) is 23.7. The van der Waals surface area contributed by atoms with Crippen molar-refractivity contribution in [3.05, 3.63) is 0 Å². The molecule has 1 amide bonds. The summed E-state index contributed by atoms with van der Waals surface area (Å²) in [6.45, 7) is 17.4. The molecule has 17 nitrogen and oxygen atoms in total. The van der Waals surface area contributed by atoms with Crippen LogP contribution in [0.15, 0.2) is 0 Å². The fraction of sp³-hybridized carbons (Fsp3) is 0.936. The maximum Gasteiger partial charge on any atom is 0.409 e. The number of hydrogen-bond acceptors (Lipinski definition) is 16. The number of aliphatic hydroxyl groups excluding tert-OH is 3. The number of carbonyl (C=O) groups excluding carboxylic acids is 3. The van der Waals surface area contributed by atoms with Gasteiger partial charge in [-0.05, 0) is 80.7 Å². The van der Waals surface area contributed by atoms with E-state index in [0.29, 0.717) is 13.0 Å². The second kappa shape index (κ2) is 22.8. The number of aliphatic hydroxyl groups is 4. The SMILES string of the molecule is CC[C@H]1OC(=O)[C@H](C)[C@@H](O[C@H]2C[C@@](C)(OC)[C@@H](O)[C@H](C)O2)[C@H](C)[C@@H](O[C@H]2O[C@H](C)C[C@H](N(C)CCOC(=O)N(C)C3CCCCC3)[C@H]2O)[C@](C)(OC)C[C@@H](C)C(=O)[C@H](C)[C@@H](O)[C@]1(C)O. The second-order valence-corrected chi connectivity index (χ2v) is 20.2. The number of hydrogen-bond donors (Lipinski definition) is 4. The molecule has 3 saturated heterocycles. The van der Waals surface area contributed by atoms with Crippen LogP contribution < -0.4 is 0 Å². The van der Waals surface area contributed by atoms with Crippen molar-refractivity contribution in [3.63, 3.8) is 0 Å². The molecule has 18 atom stereocenters. The predicted molar refractivity (Wildman–Crippen MR) is 236 cm³/mol. The summed E-state index contributed by atoms with van der Waals surface area (Å²) >= 11 is 0. The molecule has 3 heterocycles. The van der Waals surface area contributed by atoms with Crippen molar-refractivity contribution in [2.75, 3.05) is 41.5 Å². The molecule has 1 aliphatic carbocycles. The Morgan fingerprint density at radius 3 is 2.06 bits per heavy atom. The second-order valence-electron chi connectivity index (χ2n) is 20.2. The minimum Gasteiger partial charge on any atom is -0.459 e. The molecule has 0 aromatic rings. The summed E-state index contributed by atoms with van der Waals surface area (Å²) in [5, 5.41) is 46.5. The van der Waals surface area contributed by atoms with Crippen LogP contribution in [0.4, 0.5) is 4.79 Å². The van der Waals surface area contributed by atoms with Crippen molar-refractivity contribution in [1.82, 2.24) is 9.80 Å². The summed E-state index contributed by atoms with van der Waals surface area (Å²) in [5.74, 6) is -4.74. The van der Waals surface area contributed by atoms with E-state index in [2.05, 4.69) is 0 Å². The van der Waals surface area contributed by atoms with Gasteiger partial charge in [-0.2, -0.15) is 0 Å². The van der Waals surface area contributed by atoms with E-state index in [1.807, 2.05) is 25.8 Å². The standard InChI is InChI=1S/C47H84N2O15/c1-15-34-47(10,56)39(52)28(4)36(50)26(2)24-46(9,58-14)41(29(5)38(30(6)42(54)62-34)63-35-25-45(8,57-13)40(53)31(7)61-35)64-43-37(51)33(23-27(3)60-43)48(11)21-22-59-44(55)49(12)32-19-17-16-18-20-32/h26-35,37-41,43,51-53,56H,15-25H2,1-14H3/t26-,27-,28+,29+,30-,31+,33+,34-,35+,37-,38+,39-,40+,41-,43-,45-,46-,47-/m1/s1. The Bertz CT molecular complexity index is 1520. The van der Waals surface area contributed by atoms with Crippen LogP contribution >= 0.6 is 0 Å². The zero-order valence-electron chi connectivity index (χ0n) is 41.2. The number of amides is 1. The van der Waals surface area contributed by atoms with Gasteiger partial charge in [0.05, 0.1) is 47.6 Å². The van der Waals surface area contributed by atoms with Gasteiger partial charge in [-0.1, -0.05) is 47.0 Å². The average molecular weight is 917 g/mol. The van der Waals surface area contributed by atoms with Crippen molar-refractivity contribution < 1.29 is 72.7 Å². The first-order valence-electron chi connectivity index (χ1n) is 23.7. The molecule has 0 aromatic heterocycles. The highest BCUT2D eigenvalue weighted by atomic mass is 16.7. The van der Waals surface area contributed by atoms with Crippen molar-refractivity contribution >= 4 is 17.8 Å². The molecule has 0 radical (unpaired) electrons. The normalized spacial score (nSPS) is 43.6. The fourth-order valence-corrected chi connectivity index (χ4v) is 10.7. The van der Waals surface area contributed by atoms with Gasteiger partial charge in [-0.25, -0.2) is 4.79 Å². The minimum absolute atomic E-state index is 0.0621. The van der Waals surface area contributed by atoms with Crippen molar-refractivity contribution in [3.8, 4) is 0 Å².